The zero-order valence-corrected chi connectivity index (χ0v) is 11.7. The molecule has 0 atom stereocenters. The van der Waals surface area contributed by atoms with Crippen molar-refractivity contribution in [3.63, 3.8) is 0 Å². The number of rotatable bonds is 2. The molecular weight excluding hydrogens is 260 g/mol. The predicted molar refractivity (Wildman–Crippen MR) is 76.6 cm³/mol. The SMILES string of the molecule is Cc1ccc(N)cc1S(=O)(=O)c1cc(N)ccc1C. The fourth-order valence-corrected chi connectivity index (χ4v) is 3.73. The zero-order valence-electron chi connectivity index (χ0n) is 10.8. The van der Waals surface area contributed by atoms with Gasteiger partial charge in [0.2, 0.25) is 9.84 Å². The van der Waals surface area contributed by atoms with Gasteiger partial charge in [-0.1, -0.05) is 12.1 Å². The highest BCUT2D eigenvalue weighted by Crippen LogP contribution is 2.28. The Morgan fingerprint density at radius 2 is 1.16 bits per heavy atom. The topological polar surface area (TPSA) is 86.2 Å². The van der Waals surface area contributed by atoms with Crippen LogP contribution in [0.4, 0.5) is 11.4 Å². The quantitative estimate of drug-likeness (QED) is 0.824. The van der Waals surface area contributed by atoms with Crippen LogP contribution >= 0.6 is 0 Å². The van der Waals surface area contributed by atoms with Crippen LogP contribution in [0.1, 0.15) is 11.1 Å². The summed E-state index contributed by atoms with van der Waals surface area (Å²) in [6.45, 7) is 3.49. The first-order chi connectivity index (χ1) is 8.82. The number of anilines is 2. The number of sulfone groups is 1. The van der Waals surface area contributed by atoms with E-state index in [1.165, 1.54) is 12.1 Å². The molecule has 0 unspecified atom stereocenters. The second kappa shape index (κ2) is 4.59. The molecule has 4 nitrogen and oxygen atoms in total. The van der Waals surface area contributed by atoms with Crippen molar-refractivity contribution in [2.75, 3.05) is 11.5 Å². The molecule has 2 aromatic rings. The van der Waals surface area contributed by atoms with E-state index in [4.69, 9.17) is 11.5 Å². The van der Waals surface area contributed by atoms with Crippen LogP contribution in [0, 0.1) is 13.8 Å². The lowest BCUT2D eigenvalue weighted by atomic mass is 10.2. The third-order valence-corrected chi connectivity index (χ3v) is 5.04. The fourth-order valence-electron chi connectivity index (χ4n) is 1.93. The van der Waals surface area contributed by atoms with Crippen molar-refractivity contribution in [3.05, 3.63) is 47.5 Å². The minimum Gasteiger partial charge on any atom is -0.399 e. The molecule has 0 aliphatic carbocycles. The summed E-state index contributed by atoms with van der Waals surface area (Å²) in [6, 6.07) is 9.72. The van der Waals surface area contributed by atoms with Gasteiger partial charge in [0, 0.05) is 11.4 Å². The Labute approximate surface area is 113 Å². The number of aryl methyl sites for hydroxylation is 2. The molecule has 0 saturated heterocycles. The number of benzene rings is 2. The molecule has 0 spiro atoms. The molecule has 100 valence electrons. The molecule has 19 heavy (non-hydrogen) atoms. The number of nitrogen functional groups attached to an aromatic ring is 2. The van der Waals surface area contributed by atoms with Crippen LogP contribution in [0.5, 0.6) is 0 Å². The highest BCUT2D eigenvalue weighted by atomic mass is 32.2. The summed E-state index contributed by atoms with van der Waals surface area (Å²) in [5.74, 6) is 0. The standard InChI is InChI=1S/C14H16N2O2S/c1-9-3-5-11(15)7-13(9)19(17,18)14-8-12(16)6-4-10(14)2/h3-8H,15-16H2,1-2H3. The fraction of sp³-hybridized carbons (Fsp3) is 0.143. The van der Waals surface area contributed by atoms with Crippen LogP contribution < -0.4 is 11.5 Å². The maximum Gasteiger partial charge on any atom is 0.207 e. The minimum absolute atomic E-state index is 0.223. The second-order valence-electron chi connectivity index (χ2n) is 4.55. The van der Waals surface area contributed by atoms with Gasteiger partial charge in [0.15, 0.2) is 0 Å². The van der Waals surface area contributed by atoms with E-state index in [1.807, 2.05) is 0 Å². The third-order valence-electron chi connectivity index (χ3n) is 3.00. The van der Waals surface area contributed by atoms with Gasteiger partial charge in [-0.25, -0.2) is 8.42 Å². The van der Waals surface area contributed by atoms with E-state index in [2.05, 4.69) is 0 Å². The van der Waals surface area contributed by atoms with Crippen molar-refractivity contribution >= 4 is 21.2 Å². The second-order valence-corrected chi connectivity index (χ2v) is 6.44. The van der Waals surface area contributed by atoms with E-state index in [0.29, 0.717) is 22.5 Å². The molecule has 0 aromatic heterocycles. The first kappa shape index (κ1) is 13.4. The lowest BCUT2D eigenvalue weighted by molar-refractivity contribution is 0.595. The molecular formula is C14H16N2O2S. The van der Waals surface area contributed by atoms with Gasteiger partial charge in [-0.15, -0.1) is 0 Å². The van der Waals surface area contributed by atoms with E-state index in [9.17, 15) is 8.42 Å². The number of nitrogens with two attached hydrogens (primary N) is 2. The van der Waals surface area contributed by atoms with E-state index in [1.54, 1.807) is 38.1 Å². The normalized spacial score (nSPS) is 11.5. The highest BCUT2D eigenvalue weighted by Gasteiger charge is 2.22. The van der Waals surface area contributed by atoms with Crippen LogP contribution in [0.15, 0.2) is 46.2 Å². The lowest BCUT2D eigenvalue weighted by Gasteiger charge is -2.11. The molecule has 0 radical (unpaired) electrons. The Bertz CT molecular complexity index is 680. The Morgan fingerprint density at radius 1 is 0.789 bits per heavy atom. The Kier molecular flexibility index (Phi) is 3.24. The van der Waals surface area contributed by atoms with Crippen molar-refractivity contribution in [2.45, 2.75) is 23.6 Å². The van der Waals surface area contributed by atoms with E-state index in [0.717, 1.165) is 0 Å². The molecule has 5 heteroatoms. The first-order valence-electron chi connectivity index (χ1n) is 5.79. The molecule has 2 rings (SSSR count). The van der Waals surface area contributed by atoms with Gasteiger partial charge >= 0.3 is 0 Å². The number of hydrogen-bond donors (Lipinski definition) is 2. The Morgan fingerprint density at radius 3 is 1.53 bits per heavy atom. The van der Waals surface area contributed by atoms with E-state index in [-0.39, 0.29) is 9.79 Å². The molecule has 0 fully saturated rings. The van der Waals surface area contributed by atoms with Gasteiger partial charge < -0.3 is 11.5 Å². The van der Waals surface area contributed by atoms with Gasteiger partial charge in [0.25, 0.3) is 0 Å². The summed E-state index contributed by atoms with van der Waals surface area (Å²) in [4.78, 5) is 0.447. The molecule has 4 N–H and O–H groups in total. The monoisotopic (exact) mass is 276 g/mol. The van der Waals surface area contributed by atoms with Crippen LogP contribution in [0.3, 0.4) is 0 Å². The summed E-state index contributed by atoms with van der Waals surface area (Å²) in [5, 5.41) is 0. The molecule has 0 aliphatic heterocycles. The average molecular weight is 276 g/mol. The van der Waals surface area contributed by atoms with Crippen LogP contribution in [0.25, 0.3) is 0 Å². The van der Waals surface area contributed by atoms with Crippen molar-refractivity contribution in [1.29, 1.82) is 0 Å². The zero-order chi connectivity index (χ0) is 14.2. The van der Waals surface area contributed by atoms with E-state index < -0.39 is 9.84 Å². The van der Waals surface area contributed by atoms with Crippen LogP contribution in [-0.2, 0) is 9.84 Å². The maximum atomic E-state index is 12.7. The van der Waals surface area contributed by atoms with Gasteiger partial charge in [-0.3, -0.25) is 0 Å². The third kappa shape index (κ3) is 2.42. The first-order valence-corrected chi connectivity index (χ1v) is 7.28. The predicted octanol–water partition coefficient (Wildman–Crippen LogP) is 2.30. The molecule has 0 heterocycles. The molecule has 0 aliphatic rings. The summed E-state index contributed by atoms with van der Waals surface area (Å²) in [7, 11) is -3.61. The summed E-state index contributed by atoms with van der Waals surface area (Å²) in [5.41, 5.74) is 13.5. The minimum atomic E-state index is -3.61. The summed E-state index contributed by atoms with van der Waals surface area (Å²) < 4.78 is 25.3. The summed E-state index contributed by atoms with van der Waals surface area (Å²) in [6.07, 6.45) is 0. The van der Waals surface area contributed by atoms with Crippen LogP contribution in [-0.4, -0.2) is 8.42 Å². The molecule has 0 bridgehead atoms. The smallest absolute Gasteiger partial charge is 0.207 e. The average Bonchev–Trinajstić information content (AvgIpc) is 2.35. The lowest BCUT2D eigenvalue weighted by Crippen LogP contribution is -2.07. The summed E-state index contributed by atoms with van der Waals surface area (Å²) >= 11 is 0. The maximum absolute atomic E-state index is 12.7. The Hall–Kier alpha value is -2.01. The Balaban J connectivity index is 2.72. The van der Waals surface area contributed by atoms with Gasteiger partial charge in [0.1, 0.15) is 0 Å². The molecule has 0 saturated carbocycles. The highest BCUT2D eigenvalue weighted by molar-refractivity contribution is 7.91. The van der Waals surface area contributed by atoms with Crippen molar-refractivity contribution in [2.24, 2.45) is 0 Å². The van der Waals surface area contributed by atoms with Gasteiger partial charge in [-0.2, -0.15) is 0 Å². The van der Waals surface area contributed by atoms with Crippen molar-refractivity contribution in [3.8, 4) is 0 Å². The number of hydrogen-bond acceptors (Lipinski definition) is 4. The van der Waals surface area contributed by atoms with Crippen molar-refractivity contribution in [1.82, 2.24) is 0 Å². The molecule has 0 amide bonds. The van der Waals surface area contributed by atoms with E-state index >= 15 is 0 Å². The molecule has 2 aromatic carbocycles. The van der Waals surface area contributed by atoms with Gasteiger partial charge in [0.05, 0.1) is 9.79 Å². The largest absolute Gasteiger partial charge is 0.399 e. The van der Waals surface area contributed by atoms with Crippen molar-refractivity contribution < 1.29 is 8.42 Å². The van der Waals surface area contributed by atoms with Crippen LogP contribution in [0.2, 0.25) is 0 Å². The van der Waals surface area contributed by atoms with Gasteiger partial charge in [-0.05, 0) is 49.2 Å².